The first-order valence-corrected chi connectivity index (χ1v) is 7.68. The first kappa shape index (κ1) is 15.5. The van der Waals surface area contributed by atoms with E-state index in [1.807, 2.05) is 26.1 Å². The van der Waals surface area contributed by atoms with Crippen LogP contribution in [0.15, 0.2) is 24.3 Å². The number of hydrogen-bond donors (Lipinski definition) is 0. The highest BCUT2D eigenvalue weighted by atomic mass is 35.5. The van der Waals surface area contributed by atoms with Gasteiger partial charge in [0, 0.05) is 23.7 Å². The fourth-order valence-electron chi connectivity index (χ4n) is 2.58. The minimum atomic E-state index is -0.115. The van der Waals surface area contributed by atoms with Gasteiger partial charge in [-0.05, 0) is 52.0 Å². The van der Waals surface area contributed by atoms with Gasteiger partial charge >= 0.3 is 0 Å². The van der Waals surface area contributed by atoms with Crippen LogP contribution in [-0.4, -0.2) is 54.9 Å². The van der Waals surface area contributed by atoms with E-state index in [1.54, 1.807) is 12.1 Å². The molecule has 4 heteroatoms. The van der Waals surface area contributed by atoms with E-state index in [0.717, 1.165) is 13.1 Å². The predicted octanol–water partition coefficient (Wildman–Crippen LogP) is 2.94. The number of nitrogens with zero attached hydrogens (tertiary/aromatic N) is 2. The van der Waals surface area contributed by atoms with Crippen molar-refractivity contribution in [3.8, 4) is 0 Å². The predicted molar refractivity (Wildman–Crippen MR) is 83.5 cm³/mol. The molecular formula is C16H23ClN2O. The topological polar surface area (TPSA) is 23.6 Å². The van der Waals surface area contributed by atoms with Crippen LogP contribution in [0.5, 0.6) is 0 Å². The van der Waals surface area contributed by atoms with E-state index in [2.05, 4.69) is 9.80 Å². The highest BCUT2D eigenvalue weighted by Gasteiger charge is 2.20. The third kappa shape index (κ3) is 4.05. The van der Waals surface area contributed by atoms with Crippen LogP contribution >= 0.6 is 11.6 Å². The number of likely N-dealkylation sites (N-methyl/N-ethyl adjacent to an activating group) is 1. The van der Waals surface area contributed by atoms with Crippen molar-refractivity contribution < 1.29 is 4.79 Å². The van der Waals surface area contributed by atoms with Crippen LogP contribution in [0, 0.1) is 0 Å². The SMILES string of the molecule is CC(C(=O)c1cccc(Cl)c1)N(C)CCN1CCCC1. The lowest BCUT2D eigenvalue weighted by atomic mass is 10.0. The second-order valence-electron chi connectivity index (χ2n) is 5.58. The average Bonchev–Trinajstić information content (AvgIpc) is 2.96. The molecule has 1 aromatic rings. The van der Waals surface area contributed by atoms with Crippen LogP contribution in [0.1, 0.15) is 30.1 Å². The van der Waals surface area contributed by atoms with Gasteiger partial charge in [0.05, 0.1) is 6.04 Å². The minimum Gasteiger partial charge on any atom is -0.302 e. The fourth-order valence-corrected chi connectivity index (χ4v) is 2.77. The van der Waals surface area contributed by atoms with E-state index < -0.39 is 0 Å². The first-order chi connectivity index (χ1) is 9.58. The second-order valence-corrected chi connectivity index (χ2v) is 6.02. The normalized spacial score (nSPS) is 17.6. The van der Waals surface area contributed by atoms with Crippen LogP contribution < -0.4 is 0 Å². The molecule has 110 valence electrons. The molecule has 0 aliphatic carbocycles. The number of rotatable bonds is 6. The Bertz CT molecular complexity index is 458. The van der Waals surface area contributed by atoms with E-state index >= 15 is 0 Å². The zero-order valence-electron chi connectivity index (χ0n) is 12.3. The number of ketones is 1. The quantitative estimate of drug-likeness (QED) is 0.754. The van der Waals surface area contributed by atoms with E-state index in [-0.39, 0.29) is 11.8 Å². The molecule has 1 fully saturated rings. The molecule has 3 nitrogen and oxygen atoms in total. The molecule has 1 saturated heterocycles. The molecule has 2 rings (SSSR count). The Morgan fingerprint density at radius 1 is 1.40 bits per heavy atom. The molecule has 0 saturated carbocycles. The molecule has 0 radical (unpaired) electrons. The van der Waals surface area contributed by atoms with Crippen molar-refractivity contribution in [2.24, 2.45) is 0 Å². The second kappa shape index (κ2) is 7.21. The summed E-state index contributed by atoms with van der Waals surface area (Å²) in [5, 5.41) is 0.614. The number of carbonyl (C=O) groups is 1. The van der Waals surface area contributed by atoms with Crippen molar-refractivity contribution in [1.82, 2.24) is 9.80 Å². The number of halogens is 1. The summed E-state index contributed by atoms with van der Waals surface area (Å²) in [4.78, 5) is 17.0. The van der Waals surface area contributed by atoms with Crippen molar-refractivity contribution >= 4 is 17.4 Å². The van der Waals surface area contributed by atoms with Crippen LogP contribution in [-0.2, 0) is 0 Å². The summed E-state index contributed by atoms with van der Waals surface area (Å²) in [6.07, 6.45) is 2.61. The van der Waals surface area contributed by atoms with Gasteiger partial charge in [0.1, 0.15) is 0 Å². The zero-order chi connectivity index (χ0) is 14.5. The Morgan fingerprint density at radius 3 is 2.75 bits per heavy atom. The number of likely N-dealkylation sites (tertiary alicyclic amines) is 1. The molecule has 1 heterocycles. The van der Waals surface area contributed by atoms with Crippen molar-refractivity contribution in [1.29, 1.82) is 0 Å². The number of Topliss-reactive ketones (excluding diaryl/α,β-unsaturated/α-hetero) is 1. The molecule has 1 unspecified atom stereocenters. The summed E-state index contributed by atoms with van der Waals surface area (Å²) >= 11 is 5.95. The monoisotopic (exact) mass is 294 g/mol. The Hall–Kier alpha value is -0.900. The van der Waals surface area contributed by atoms with Gasteiger partial charge in [-0.15, -0.1) is 0 Å². The van der Waals surface area contributed by atoms with Crippen LogP contribution in [0.4, 0.5) is 0 Å². The molecule has 1 atom stereocenters. The summed E-state index contributed by atoms with van der Waals surface area (Å²) < 4.78 is 0. The number of hydrogen-bond acceptors (Lipinski definition) is 3. The Morgan fingerprint density at radius 2 is 2.10 bits per heavy atom. The molecule has 1 aromatic carbocycles. The highest BCUT2D eigenvalue weighted by Crippen LogP contribution is 2.14. The largest absolute Gasteiger partial charge is 0.302 e. The van der Waals surface area contributed by atoms with Gasteiger partial charge in [-0.25, -0.2) is 0 Å². The number of benzene rings is 1. The highest BCUT2D eigenvalue weighted by molar-refractivity contribution is 6.31. The van der Waals surface area contributed by atoms with E-state index in [1.165, 1.54) is 25.9 Å². The summed E-state index contributed by atoms with van der Waals surface area (Å²) in [6, 6.07) is 7.08. The standard InChI is InChI=1S/C16H23ClN2O/c1-13(16(20)14-6-5-7-15(17)12-14)18(2)10-11-19-8-3-4-9-19/h5-7,12-13H,3-4,8-11H2,1-2H3. The maximum Gasteiger partial charge on any atom is 0.179 e. The smallest absolute Gasteiger partial charge is 0.179 e. The van der Waals surface area contributed by atoms with Crippen molar-refractivity contribution in [3.05, 3.63) is 34.9 Å². The van der Waals surface area contributed by atoms with Gasteiger partial charge < -0.3 is 4.90 Å². The maximum atomic E-state index is 12.4. The maximum absolute atomic E-state index is 12.4. The van der Waals surface area contributed by atoms with Gasteiger partial charge in [-0.1, -0.05) is 23.7 Å². The summed E-state index contributed by atoms with van der Waals surface area (Å²) in [5.41, 5.74) is 0.693. The van der Waals surface area contributed by atoms with Gasteiger partial charge in [0.25, 0.3) is 0 Å². The minimum absolute atomic E-state index is 0.115. The van der Waals surface area contributed by atoms with Crippen LogP contribution in [0.3, 0.4) is 0 Å². The number of carbonyl (C=O) groups excluding carboxylic acids is 1. The molecule has 0 spiro atoms. The molecule has 0 amide bonds. The molecule has 20 heavy (non-hydrogen) atoms. The fraction of sp³-hybridized carbons (Fsp3) is 0.562. The van der Waals surface area contributed by atoms with Crippen LogP contribution in [0.2, 0.25) is 5.02 Å². The Kier molecular flexibility index (Phi) is 5.58. The molecule has 0 aromatic heterocycles. The van der Waals surface area contributed by atoms with Gasteiger partial charge in [0.15, 0.2) is 5.78 Å². The van der Waals surface area contributed by atoms with Crippen molar-refractivity contribution in [2.45, 2.75) is 25.8 Å². The molecular weight excluding hydrogens is 272 g/mol. The lowest BCUT2D eigenvalue weighted by Gasteiger charge is -2.26. The summed E-state index contributed by atoms with van der Waals surface area (Å²) in [5.74, 6) is 0.136. The lowest BCUT2D eigenvalue weighted by molar-refractivity contribution is 0.0859. The average molecular weight is 295 g/mol. The van der Waals surface area contributed by atoms with Gasteiger partial charge in [0.2, 0.25) is 0 Å². The third-order valence-electron chi connectivity index (χ3n) is 4.12. The van der Waals surface area contributed by atoms with E-state index in [4.69, 9.17) is 11.6 Å². The molecule has 0 bridgehead atoms. The summed E-state index contributed by atoms with van der Waals surface area (Å²) in [7, 11) is 2.02. The molecule has 1 aliphatic rings. The Balaban J connectivity index is 1.88. The zero-order valence-corrected chi connectivity index (χ0v) is 13.1. The van der Waals surface area contributed by atoms with E-state index in [0.29, 0.717) is 10.6 Å². The summed E-state index contributed by atoms with van der Waals surface area (Å²) in [6.45, 7) is 6.33. The Labute approximate surface area is 126 Å². The van der Waals surface area contributed by atoms with Crippen LogP contribution in [0.25, 0.3) is 0 Å². The third-order valence-corrected chi connectivity index (χ3v) is 4.35. The van der Waals surface area contributed by atoms with Gasteiger partial charge in [-0.2, -0.15) is 0 Å². The van der Waals surface area contributed by atoms with E-state index in [9.17, 15) is 4.79 Å². The lowest BCUT2D eigenvalue weighted by Crippen LogP contribution is -2.40. The molecule has 1 aliphatic heterocycles. The van der Waals surface area contributed by atoms with Crippen molar-refractivity contribution in [2.75, 3.05) is 33.2 Å². The van der Waals surface area contributed by atoms with Gasteiger partial charge in [-0.3, -0.25) is 9.69 Å². The first-order valence-electron chi connectivity index (χ1n) is 7.30. The molecule has 0 N–H and O–H groups in total. The van der Waals surface area contributed by atoms with Crippen molar-refractivity contribution in [3.63, 3.8) is 0 Å².